The molecule has 1 saturated heterocycles. The van der Waals surface area contributed by atoms with Crippen molar-refractivity contribution in [1.29, 1.82) is 0 Å². The van der Waals surface area contributed by atoms with E-state index in [1.54, 1.807) is 12.4 Å². The van der Waals surface area contributed by atoms with Crippen LogP contribution in [0.2, 0.25) is 0 Å². The first-order valence-electron chi connectivity index (χ1n) is 8.58. The molecule has 1 spiro atoms. The lowest BCUT2D eigenvalue weighted by Crippen LogP contribution is -2.47. The van der Waals surface area contributed by atoms with Crippen LogP contribution in [0.15, 0.2) is 18.6 Å². The Morgan fingerprint density at radius 2 is 1.92 bits per heavy atom. The first-order chi connectivity index (χ1) is 12.1. The maximum Gasteiger partial charge on any atom is 0.220 e. The van der Waals surface area contributed by atoms with E-state index in [-0.39, 0.29) is 5.60 Å². The Hall–Kier alpha value is -2.48. The normalized spacial score (nSPS) is 18.9. The quantitative estimate of drug-likeness (QED) is 0.864. The molecule has 0 atom stereocenters. The van der Waals surface area contributed by atoms with E-state index in [2.05, 4.69) is 24.8 Å². The molecule has 4 heterocycles. The van der Waals surface area contributed by atoms with Crippen LogP contribution in [-0.2, 0) is 16.8 Å². The van der Waals surface area contributed by atoms with E-state index in [9.17, 15) is 0 Å². The van der Waals surface area contributed by atoms with Gasteiger partial charge in [0.25, 0.3) is 0 Å². The molecule has 0 bridgehead atoms. The maximum atomic E-state index is 6.23. The van der Waals surface area contributed by atoms with Gasteiger partial charge < -0.3 is 20.3 Å². The molecular formula is C17H23N7O. The topological polar surface area (TPSA) is 93.3 Å². The van der Waals surface area contributed by atoms with E-state index >= 15 is 0 Å². The maximum absolute atomic E-state index is 6.23. The molecule has 2 N–H and O–H groups in total. The van der Waals surface area contributed by atoms with Gasteiger partial charge in [-0.2, -0.15) is 0 Å². The third-order valence-electron chi connectivity index (χ3n) is 5.02. The van der Waals surface area contributed by atoms with Gasteiger partial charge in [-0.3, -0.25) is 0 Å². The molecule has 0 aromatic carbocycles. The van der Waals surface area contributed by atoms with E-state index in [0.29, 0.717) is 12.6 Å². The molecule has 2 aliphatic rings. The monoisotopic (exact) mass is 341 g/mol. The van der Waals surface area contributed by atoms with Gasteiger partial charge in [0.05, 0.1) is 12.3 Å². The first kappa shape index (κ1) is 16.0. The zero-order chi connectivity index (χ0) is 17.4. The molecule has 2 aromatic rings. The van der Waals surface area contributed by atoms with Crippen molar-refractivity contribution in [2.75, 3.05) is 49.3 Å². The number of nitrogen functional groups attached to an aromatic ring is 1. The van der Waals surface area contributed by atoms with Gasteiger partial charge in [0.15, 0.2) is 11.6 Å². The standard InChI is InChI=1S/C17H23N7O/c1-23(2)14-15(20-7-6-19-14)24-8-4-17(5-9-24)13-12(3-10-25-17)11-21-16(18)22-13/h6-7,11H,3-5,8-10H2,1-2H3,(H2,18,21,22). The van der Waals surface area contributed by atoms with E-state index in [4.69, 9.17) is 10.5 Å². The Bertz CT molecular complexity index is 771. The Morgan fingerprint density at radius 3 is 2.68 bits per heavy atom. The molecule has 2 aromatic heterocycles. The van der Waals surface area contributed by atoms with E-state index in [0.717, 1.165) is 55.2 Å². The molecule has 0 amide bonds. The second-order valence-electron chi connectivity index (χ2n) is 6.78. The summed E-state index contributed by atoms with van der Waals surface area (Å²) in [5.74, 6) is 2.12. The van der Waals surface area contributed by atoms with E-state index in [1.165, 1.54) is 0 Å². The van der Waals surface area contributed by atoms with Crippen LogP contribution in [0.3, 0.4) is 0 Å². The summed E-state index contributed by atoms with van der Waals surface area (Å²) in [6.45, 7) is 2.38. The highest BCUT2D eigenvalue weighted by Gasteiger charge is 2.43. The van der Waals surface area contributed by atoms with Gasteiger partial charge in [-0.25, -0.2) is 19.9 Å². The number of aromatic nitrogens is 4. The minimum Gasteiger partial charge on any atom is -0.368 e. The molecule has 0 aliphatic carbocycles. The molecular weight excluding hydrogens is 318 g/mol. The van der Waals surface area contributed by atoms with Gasteiger partial charge in [-0.15, -0.1) is 0 Å². The number of rotatable bonds is 2. The highest BCUT2D eigenvalue weighted by atomic mass is 16.5. The van der Waals surface area contributed by atoms with Crippen LogP contribution in [-0.4, -0.2) is 53.7 Å². The summed E-state index contributed by atoms with van der Waals surface area (Å²) in [6, 6.07) is 0. The van der Waals surface area contributed by atoms with Crippen molar-refractivity contribution in [2.45, 2.75) is 24.9 Å². The number of ether oxygens (including phenoxy) is 1. The zero-order valence-electron chi connectivity index (χ0n) is 14.6. The number of hydrogen-bond acceptors (Lipinski definition) is 8. The predicted octanol–water partition coefficient (Wildman–Crippen LogP) is 0.983. The molecule has 25 heavy (non-hydrogen) atoms. The predicted molar refractivity (Wildman–Crippen MR) is 95.6 cm³/mol. The molecule has 0 unspecified atom stereocenters. The van der Waals surface area contributed by atoms with E-state index < -0.39 is 0 Å². The number of anilines is 3. The fourth-order valence-corrected chi connectivity index (χ4v) is 3.75. The second kappa shape index (κ2) is 6.11. The Labute approximate surface area is 147 Å². The number of nitrogens with zero attached hydrogens (tertiary/aromatic N) is 6. The fraction of sp³-hybridized carbons (Fsp3) is 0.529. The van der Waals surface area contributed by atoms with Gasteiger partial charge in [-0.1, -0.05) is 0 Å². The molecule has 4 rings (SSSR count). The van der Waals surface area contributed by atoms with Crippen LogP contribution in [0, 0.1) is 0 Å². The summed E-state index contributed by atoms with van der Waals surface area (Å²) in [5, 5.41) is 0. The molecule has 8 heteroatoms. The third kappa shape index (κ3) is 2.76. The zero-order valence-corrected chi connectivity index (χ0v) is 14.6. The Morgan fingerprint density at radius 1 is 1.16 bits per heavy atom. The van der Waals surface area contributed by atoms with Crippen LogP contribution in [0.1, 0.15) is 24.1 Å². The average molecular weight is 341 g/mol. The Kier molecular flexibility index (Phi) is 3.91. The van der Waals surface area contributed by atoms with E-state index in [1.807, 2.05) is 25.2 Å². The van der Waals surface area contributed by atoms with Crippen molar-refractivity contribution in [1.82, 2.24) is 19.9 Å². The summed E-state index contributed by atoms with van der Waals surface area (Å²) >= 11 is 0. The van der Waals surface area contributed by atoms with Crippen LogP contribution in [0.25, 0.3) is 0 Å². The second-order valence-corrected chi connectivity index (χ2v) is 6.78. The average Bonchev–Trinajstić information content (AvgIpc) is 2.63. The molecule has 0 radical (unpaired) electrons. The van der Waals surface area contributed by atoms with Crippen LogP contribution >= 0.6 is 0 Å². The van der Waals surface area contributed by atoms with Gasteiger partial charge in [0.2, 0.25) is 5.95 Å². The largest absolute Gasteiger partial charge is 0.368 e. The van der Waals surface area contributed by atoms with Gasteiger partial charge >= 0.3 is 0 Å². The molecule has 1 fully saturated rings. The van der Waals surface area contributed by atoms with Crippen molar-refractivity contribution >= 4 is 17.6 Å². The number of nitrogens with two attached hydrogens (primary N) is 1. The lowest BCUT2D eigenvalue weighted by molar-refractivity contribution is -0.0801. The smallest absolute Gasteiger partial charge is 0.220 e. The molecule has 2 aliphatic heterocycles. The van der Waals surface area contributed by atoms with Gasteiger partial charge in [0, 0.05) is 45.8 Å². The van der Waals surface area contributed by atoms with Crippen molar-refractivity contribution in [3.8, 4) is 0 Å². The number of piperidine rings is 1. The first-order valence-corrected chi connectivity index (χ1v) is 8.58. The van der Waals surface area contributed by atoms with Crippen molar-refractivity contribution in [2.24, 2.45) is 0 Å². The highest BCUT2D eigenvalue weighted by molar-refractivity contribution is 5.61. The van der Waals surface area contributed by atoms with Crippen molar-refractivity contribution < 1.29 is 4.74 Å². The Balaban J connectivity index is 1.60. The van der Waals surface area contributed by atoms with Crippen molar-refractivity contribution in [3.05, 3.63) is 29.8 Å². The third-order valence-corrected chi connectivity index (χ3v) is 5.02. The fourth-order valence-electron chi connectivity index (χ4n) is 3.75. The summed E-state index contributed by atoms with van der Waals surface area (Å²) < 4.78 is 6.23. The number of fused-ring (bicyclic) bond motifs is 2. The minimum absolute atomic E-state index is 0.315. The molecule has 132 valence electrons. The van der Waals surface area contributed by atoms with Crippen molar-refractivity contribution in [3.63, 3.8) is 0 Å². The van der Waals surface area contributed by atoms with Gasteiger partial charge in [-0.05, 0) is 24.8 Å². The van der Waals surface area contributed by atoms with Crippen LogP contribution in [0.5, 0.6) is 0 Å². The summed E-state index contributed by atoms with van der Waals surface area (Å²) in [7, 11) is 3.97. The molecule has 8 nitrogen and oxygen atoms in total. The van der Waals surface area contributed by atoms with Crippen LogP contribution < -0.4 is 15.5 Å². The number of hydrogen-bond donors (Lipinski definition) is 1. The lowest BCUT2D eigenvalue weighted by atomic mass is 9.83. The minimum atomic E-state index is -0.359. The highest BCUT2D eigenvalue weighted by Crippen LogP contribution is 2.41. The SMILES string of the molecule is CN(C)c1nccnc1N1CCC2(CC1)OCCc1cnc(N)nc12. The molecule has 0 saturated carbocycles. The van der Waals surface area contributed by atoms with Gasteiger partial charge in [0.1, 0.15) is 5.60 Å². The lowest BCUT2D eigenvalue weighted by Gasteiger charge is -2.44. The van der Waals surface area contributed by atoms with Crippen LogP contribution in [0.4, 0.5) is 17.6 Å². The summed E-state index contributed by atoms with van der Waals surface area (Å²) in [5.41, 5.74) is 7.60. The summed E-state index contributed by atoms with van der Waals surface area (Å²) in [4.78, 5) is 21.9. The summed E-state index contributed by atoms with van der Waals surface area (Å²) in [6.07, 6.45) is 7.86.